The summed E-state index contributed by atoms with van der Waals surface area (Å²) >= 11 is 5.60. The number of carbonyl (C=O) groups excluding carboxylic acids is 1. The molecule has 0 saturated heterocycles. The van der Waals surface area contributed by atoms with Gasteiger partial charge in [0.15, 0.2) is 0 Å². The van der Waals surface area contributed by atoms with Crippen LogP contribution in [0.3, 0.4) is 0 Å². The number of carbonyl (C=O) groups is 1. The van der Waals surface area contributed by atoms with Crippen LogP contribution < -0.4 is 14.3 Å². The molecule has 0 aromatic heterocycles. The van der Waals surface area contributed by atoms with E-state index in [9.17, 15) is 34.8 Å². The Hall–Kier alpha value is -3.29. The fourth-order valence-corrected chi connectivity index (χ4v) is 5.67. The molecule has 204 valence electrons. The zero-order chi connectivity index (χ0) is 28.5. The normalized spacial score (nSPS) is 12.2. The number of halogens is 4. The number of hydrogen-bond donors (Lipinski definition) is 2. The summed E-state index contributed by atoms with van der Waals surface area (Å²) in [6.07, 6.45) is -4.10. The Labute approximate surface area is 223 Å². The van der Waals surface area contributed by atoms with Gasteiger partial charge in [-0.2, -0.15) is 13.2 Å². The second-order valence-electron chi connectivity index (χ2n) is 8.43. The van der Waals surface area contributed by atoms with Crippen LogP contribution in [0, 0.1) is 13.8 Å². The Kier molecular flexibility index (Phi) is 8.34. The van der Waals surface area contributed by atoms with Crippen LogP contribution in [-0.4, -0.2) is 35.5 Å². The summed E-state index contributed by atoms with van der Waals surface area (Å²) in [7, 11) is -8.11. The number of rotatable bonds is 8. The van der Waals surface area contributed by atoms with Crippen molar-refractivity contribution in [3.63, 3.8) is 0 Å². The van der Waals surface area contributed by atoms with Gasteiger partial charge in [0.05, 0.1) is 33.1 Å². The van der Waals surface area contributed by atoms with Gasteiger partial charge in [0.2, 0.25) is 15.9 Å². The first kappa shape index (κ1) is 29.3. The summed E-state index contributed by atoms with van der Waals surface area (Å²) in [5.74, 6) is -0.872. The fourth-order valence-electron chi connectivity index (χ4n) is 3.47. The van der Waals surface area contributed by atoms with Gasteiger partial charge in [-0.1, -0.05) is 29.3 Å². The van der Waals surface area contributed by atoms with E-state index in [1.807, 2.05) is 13.0 Å². The highest BCUT2D eigenvalue weighted by atomic mass is 35.5. The minimum Gasteiger partial charge on any atom is -0.325 e. The van der Waals surface area contributed by atoms with Crippen LogP contribution in [0.1, 0.15) is 16.7 Å². The predicted molar refractivity (Wildman–Crippen MR) is 140 cm³/mol. The molecule has 0 aliphatic rings. The molecule has 0 atom stereocenters. The van der Waals surface area contributed by atoms with E-state index in [-0.39, 0.29) is 10.6 Å². The highest BCUT2D eigenvalue weighted by Crippen LogP contribution is 2.37. The second kappa shape index (κ2) is 10.8. The van der Waals surface area contributed by atoms with Crippen molar-refractivity contribution < 1.29 is 34.8 Å². The van der Waals surface area contributed by atoms with E-state index in [2.05, 4.69) is 10.0 Å². The van der Waals surface area contributed by atoms with E-state index in [0.717, 1.165) is 29.5 Å². The molecule has 3 aromatic rings. The first-order valence-electron chi connectivity index (χ1n) is 10.8. The number of nitrogens with zero attached hydrogens (tertiary/aromatic N) is 1. The molecule has 0 bridgehead atoms. The SMILES string of the molecule is Cc1ccc(NS(=O)(=O)c2ccc(NC(=O)CN(c3ccc(Cl)c(C(F)(F)F)c3)S(C)(=O)=O)cc2)c(C)c1. The van der Waals surface area contributed by atoms with Crippen molar-refractivity contribution in [2.75, 3.05) is 27.1 Å². The van der Waals surface area contributed by atoms with Gasteiger partial charge in [-0.25, -0.2) is 16.8 Å². The lowest BCUT2D eigenvalue weighted by molar-refractivity contribution is -0.137. The molecule has 8 nitrogen and oxygen atoms in total. The second-order valence-corrected chi connectivity index (χ2v) is 12.4. The zero-order valence-electron chi connectivity index (χ0n) is 20.3. The number of sulfonamides is 2. The maximum Gasteiger partial charge on any atom is 0.417 e. The Morgan fingerprint density at radius 1 is 0.947 bits per heavy atom. The third-order valence-electron chi connectivity index (χ3n) is 5.31. The van der Waals surface area contributed by atoms with Crippen molar-refractivity contribution >= 4 is 54.6 Å². The molecule has 3 aromatic carbocycles. The van der Waals surface area contributed by atoms with Crippen LogP contribution in [0.5, 0.6) is 0 Å². The molecule has 14 heteroatoms. The van der Waals surface area contributed by atoms with Gasteiger partial charge >= 0.3 is 6.18 Å². The summed E-state index contributed by atoms with van der Waals surface area (Å²) in [6, 6.07) is 12.8. The number of aryl methyl sites for hydroxylation is 2. The van der Waals surface area contributed by atoms with Gasteiger partial charge in [-0.3, -0.25) is 13.8 Å². The molecule has 0 radical (unpaired) electrons. The standard InChI is InChI=1S/C24H23ClF3N3O5S2/c1-15-4-11-22(16(2)12-15)30-38(35,36)19-8-5-17(6-9-19)29-23(32)14-31(37(3,33)34)18-7-10-21(25)20(13-18)24(26,27)28/h4-13,30H,14H2,1-3H3,(H,29,32). The largest absolute Gasteiger partial charge is 0.417 e. The summed E-state index contributed by atoms with van der Waals surface area (Å²) in [4.78, 5) is 12.5. The molecule has 0 unspecified atom stereocenters. The van der Waals surface area contributed by atoms with Gasteiger partial charge < -0.3 is 5.32 Å². The molecule has 1 amide bonds. The van der Waals surface area contributed by atoms with E-state index in [1.54, 1.807) is 19.1 Å². The lowest BCUT2D eigenvalue weighted by Gasteiger charge is -2.23. The Morgan fingerprint density at radius 2 is 1.58 bits per heavy atom. The van der Waals surface area contributed by atoms with Crippen molar-refractivity contribution in [2.24, 2.45) is 0 Å². The Bertz CT molecular complexity index is 1580. The maximum absolute atomic E-state index is 13.2. The smallest absolute Gasteiger partial charge is 0.325 e. The summed E-state index contributed by atoms with van der Waals surface area (Å²) in [6.45, 7) is 2.80. The number of anilines is 3. The molecule has 0 spiro atoms. The van der Waals surface area contributed by atoms with Gasteiger partial charge in [0, 0.05) is 5.69 Å². The molecular formula is C24H23ClF3N3O5S2. The van der Waals surface area contributed by atoms with Crippen LogP contribution in [0.2, 0.25) is 5.02 Å². The average molecular weight is 590 g/mol. The van der Waals surface area contributed by atoms with Crippen LogP contribution >= 0.6 is 11.6 Å². The molecule has 0 heterocycles. The molecule has 3 rings (SSSR count). The maximum atomic E-state index is 13.2. The van der Waals surface area contributed by atoms with E-state index < -0.39 is 54.9 Å². The molecule has 0 aliphatic heterocycles. The third kappa shape index (κ3) is 7.17. The van der Waals surface area contributed by atoms with E-state index in [4.69, 9.17) is 11.6 Å². The topological polar surface area (TPSA) is 113 Å². The predicted octanol–water partition coefficient (Wildman–Crippen LogP) is 5.18. The average Bonchev–Trinajstić information content (AvgIpc) is 2.79. The van der Waals surface area contributed by atoms with E-state index >= 15 is 0 Å². The van der Waals surface area contributed by atoms with Gasteiger partial charge in [-0.15, -0.1) is 0 Å². The van der Waals surface area contributed by atoms with Crippen LogP contribution in [0.25, 0.3) is 0 Å². The van der Waals surface area contributed by atoms with E-state index in [1.165, 1.54) is 24.3 Å². The van der Waals surface area contributed by atoms with Crippen molar-refractivity contribution in [1.82, 2.24) is 0 Å². The number of amides is 1. The molecule has 0 fully saturated rings. The van der Waals surface area contributed by atoms with E-state index in [0.29, 0.717) is 16.1 Å². The van der Waals surface area contributed by atoms with Crippen molar-refractivity contribution in [3.8, 4) is 0 Å². The molecule has 38 heavy (non-hydrogen) atoms. The van der Waals surface area contributed by atoms with Gasteiger partial charge in [0.1, 0.15) is 6.54 Å². The fraction of sp³-hybridized carbons (Fsp3) is 0.208. The molecule has 0 saturated carbocycles. The van der Waals surface area contributed by atoms with Gasteiger partial charge in [-0.05, 0) is 67.9 Å². The summed E-state index contributed by atoms with van der Waals surface area (Å²) < 4.78 is 92.7. The molecular weight excluding hydrogens is 567 g/mol. The Balaban J connectivity index is 1.77. The van der Waals surface area contributed by atoms with Crippen molar-refractivity contribution in [2.45, 2.75) is 24.9 Å². The lowest BCUT2D eigenvalue weighted by atomic mass is 10.1. The number of nitrogens with one attached hydrogen (secondary N) is 2. The van der Waals surface area contributed by atoms with Crippen molar-refractivity contribution in [1.29, 1.82) is 0 Å². The van der Waals surface area contributed by atoms with Crippen LogP contribution in [0.4, 0.5) is 30.2 Å². The lowest BCUT2D eigenvalue weighted by Crippen LogP contribution is -2.37. The monoisotopic (exact) mass is 589 g/mol. The summed E-state index contributed by atoms with van der Waals surface area (Å²) in [5.41, 5.74) is 0.591. The molecule has 2 N–H and O–H groups in total. The first-order chi connectivity index (χ1) is 17.5. The van der Waals surface area contributed by atoms with Crippen molar-refractivity contribution in [3.05, 3.63) is 82.4 Å². The van der Waals surface area contributed by atoms with Crippen LogP contribution in [0.15, 0.2) is 65.6 Å². The minimum atomic E-state index is -4.84. The summed E-state index contributed by atoms with van der Waals surface area (Å²) in [5, 5.41) is 1.78. The quantitative estimate of drug-likeness (QED) is 0.376. The number of alkyl halides is 3. The van der Waals surface area contributed by atoms with Crippen LogP contribution in [-0.2, 0) is 31.0 Å². The highest BCUT2D eigenvalue weighted by Gasteiger charge is 2.34. The highest BCUT2D eigenvalue weighted by molar-refractivity contribution is 7.92. The Morgan fingerprint density at radius 3 is 2.13 bits per heavy atom. The zero-order valence-corrected chi connectivity index (χ0v) is 22.7. The number of hydrogen-bond acceptors (Lipinski definition) is 5. The molecule has 0 aliphatic carbocycles. The van der Waals surface area contributed by atoms with Gasteiger partial charge in [0.25, 0.3) is 10.0 Å². The first-order valence-corrected chi connectivity index (χ1v) is 14.5. The third-order valence-corrected chi connectivity index (χ3v) is 8.16. The number of benzene rings is 3. The minimum absolute atomic E-state index is 0.0888.